The molecule has 3 heteroatoms. The van der Waals surface area contributed by atoms with Crippen molar-refractivity contribution >= 4 is 5.97 Å². The molecule has 0 aromatic heterocycles. The van der Waals surface area contributed by atoms with Gasteiger partial charge in [0.15, 0.2) is 0 Å². The Morgan fingerprint density at radius 3 is 1.50 bits per heavy atom. The normalized spacial score (nSPS) is 15.6. The molecule has 26 heavy (non-hydrogen) atoms. The van der Waals surface area contributed by atoms with Gasteiger partial charge in [0.2, 0.25) is 0 Å². The number of nitrogens with zero attached hydrogens (tertiary/aromatic N) is 1. The summed E-state index contributed by atoms with van der Waals surface area (Å²) in [6.07, 6.45) is 17.3. The molecule has 3 nitrogen and oxygen atoms in total. The first-order chi connectivity index (χ1) is 12.2. The van der Waals surface area contributed by atoms with Gasteiger partial charge in [0, 0.05) is 5.92 Å². The third kappa shape index (κ3) is 8.88. The molecule has 0 rings (SSSR count). The molecule has 0 heterocycles. The highest BCUT2D eigenvalue weighted by Crippen LogP contribution is 2.35. The molecule has 0 N–H and O–H groups in total. The second-order valence-corrected chi connectivity index (χ2v) is 9.26. The second-order valence-electron chi connectivity index (χ2n) is 9.26. The van der Waals surface area contributed by atoms with E-state index < -0.39 is 11.5 Å². The zero-order valence-corrected chi connectivity index (χ0v) is 18.7. The summed E-state index contributed by atoms with van der Waals surface area (Å²) in [4.78, 5) is 12.1. The van der Waals surface area contributed by atoms with Gasteiger partial charge in [-0.1, -0.05) is 90.9 Å². The van der Waals surface area contributed by atoms with E-state index in [4.69, 9.17) is 0 Å². The summed E-state index contributed by atoms with van der Waals surface area (Å²) in [5.41, 5.74) is -0.812. The largest absolute Gasteiger partial charge is 0.544 e. The molecule has 0 spiro atoms. The zero-order chi connectivity index (χ0) is 20.1. The summed E-state index contributed by atoms with van der Waals surface area (Å²) in [6, 6.07) is 0. The Kier molecular flexibility index (Phi) is 13.3. The van der Waals surface area contributed by atoms with Crippen LogP contribution in [0.1, 0.15) is 111 Å². The lowest BCUT2D eigenvalue weighted by Crippen LogP contribution is -2.68. The van der Waals surface area contributed by atoms with Gasteiger partial charge >= 0.3 is 0 Å². The quantitative estimate of drug-likeness (QED) is 0.257. The maximum absolute atomic E-state index is 12.1. The zero-order valence-electron chi connectivity index (χ0n) is 18.7. The van der Waals surface area contributed by atoms with Gasteiger partial charge in [0.05, 0.1) is 21.1 Å². The van der Waals surface area contributed by atoms with Crippen LogP contribution in [0, 0.1) is 5.92 Å². The average molecular weight is 370 g/mol. The van der Waals surface area contributed by atoms with Gasteiger partial charge in [0.25, 0.3) is 0 Å². The van der Waals surface area contributed by atoms with Crippen LogP contribution in [-0.4, -0.2) is 37.1 Å². The van der Waals surface area contributed by atoms with Crippen molar-refractivity contribution in [3.05, 3.63) is 0 Å². The van der Waals surface area contributed by atoms with Crippen molar-refractivity contribution in [1.82, 2.24) is 0 Å². The first-order valence-corrected chi connectivity index (χ1v) is 11.2. The molecular formula is C23H47NO2. The molecule has 0 amide bonds. The van der Waals surface area contributed by atoms with Crippen LogP contribution in [0.5, 0.6) is 0 Å². The fourth-order valence-corrected chi connectivity index (χ4v) is 4.04. The van der Waals surface area contributed by atoms with E-state index in [1.807, 2.05) is 28.1 Å². The van der Waals surface area contributed by atoms with E-state index >= 15 is 0 Å². The van der Waals surface area contributed by atoms with Gasteiger partial charge in [-0.15, -0.1) is 0 Å². The van der Waals surface area contributed by atoms with Crippen LogP contribution in [0.3, 0.4) is 0 Å². The van der Waals surface area contributed by atoms with Gasteiger partial charge in [-0.25, -0.2) is 0 Å². The number of quaternary nitrogens is 1. The van der Waals surface area contributed by atoms with Gasteiger partial charge in [-0.05, 0) is 19.8 Å². The molecule has 0 radical (unpaired) electrons. The number of unbranched alkanes of at least 4 members (excludes halogenated alkanes) is 10. The number of hydrogen-bond donors (Lipinski definition) is 0. The van der Waals surface area contributed by atoms with Crippen molar-refractivity contribution in [2.24, 2.45) is 5.92 Å². The van der Waals surface area contributed by atoms with Crippen molar-refractivity contribution in [3.8, 4) is 0 Å². The molecule has 0 aliphatic heterocycles. The lowest BCUT2D eigenvalue weighted by molar-refractivity contribution is -0.918. The molecule has 0 aliphatic carbocycles. The first-order valence-electron chi connectivity index (χ1n) is 11.2. The Balaban J connectivity index is 4.49. The Labute approximate surface area is 164 Å². The first kappa shape index (κ1) is 25.4. The summed E-state index contributed by atoms with van der Waals surface area (Å²) in [7, 11) is 6.00. The third-order valence-corrected chi connectivity index (χ3v) is 6.41. The molecule has 0 saturated heterocycles. The summed E-state index contributed by atoms with van der Waals surface area (Å²) in [5, 5.41) is 12.1. The van der Waals surface area contributed by atoms with E-state index in [1.54, 1.807) is 0 Å². The Hall–Kier alpha value is -0.570. The minimum atomic E-state index is -0.887. The summed E-state index contributed by atoms with van der Waals surface area (Å²) < 4.78 is 0.434. The van der Waals surface area contributed by atoms with E-state index in [0.29, 0.717) is 4.48 Å². The van der Waals surface area contributed by atoms with Gasteiger partial charge < -0.3 is 14.4 Å². The van der Waals surface area contributed by atoms with Crippen molar-refractivity contribution in [2.45, 2.75) is 116 Å². The van der Waals surface area contributed by atoms with Crippen LogP contribution in [0.2, 0.25) is 0 Å². The van der Waals surface area contributed by atoms with Gasteiger partial charge in [0.1, 0.15) is 11.5 Å². The molecule has 0 aromatic rings. The molecule has 0 fully saturated rings. The number of rotatable bonds is 17. The molecular weight excluding hydrogens is 322 g/mol. The van der Waals surface area contributed by atoms with Crippen LogP contribution in [-0.2, 0) is 4.79 Å². The van der Waals surface area contributed by atoms with Crippen molar-refractivity contribution in [1.29, 1.82) is 0 Å². The molecule has 0 aliphatic rings. The topological polar surface area (TPSA) is 40.1 Å². The highest BCUT2D eigenvalue weighted by atomic mass is 16.4. The molecule has 0 saturated carbocycles. The maximum atomic E-state index is 12.1. The third-order valence-electron chi connectivity index (χ3n) is 6.41. The molecule has 2 unspecified atom stereocenters. The number of carbonyl (C=O) groups excluding carboxylic acids is 1. The Bertz CT molecular complexity index is 362. The number of likely N-dealkylation sites (N-methyl/N-ethyl adjacent to an activating group) is 1. The smallest absolute Gasteiger partial charge is 0.139 e. The lowest BCUT2D eigenvalue weighted by atomic mass is 9.76. The summed E-state index contributed by atoms with van der Waals surface area (Å²) in [5.74, 6) is -0.689. The van der Waals surface area contributed by atoms with Crippen LogP contribution in [0.25, 0.3) is 0 Å². The van der Waals surface area contributed by atoms with E-state index in [2.05, 4.69) is 13.8 Å². The van der Waals surface area contributed by atoms with E-state index in [1.165, 1.54) is 64.2 Å². The predicted molar refractivity (Wildman–Crippen MR) is 111 cm³/mol. The van der Waals surface area contributed by atoms with Crippen LogP contribution in [0.15, 0.2) is 0 Å². The number of carbonyl (C=O) groups is 1. The van der Waals surface area contributed by atoms with Crippen LogP contribution in [0.4, 0.5) is 0 Å². The number of hydrogen-bond acceptors (Lipinski definition) is 2. The summed E-state index contributed by atoms with van der Waals surface area (Å²) in [6.45, 7) is 6.37. The van der Waals surface area contributed by atoms with E-state index in [9.17, 15) is 9.90 Å². The highest BCUT2D eigenvalue weighted by molar-refractivity contribution is 5.75. The number of carboxylic acids is 1. The minimum Gasteiger partial charge on any atom is -0.544 e. The monoisotopic (exact) mass is 369 g/mol. The van der Waals surface area contributed by atoms with Crippen molar-refractivity contribution in [2.75, 3.05) is 21.1 Å². The van der Waals surface area contributed by atoms with Gasteiger partial charge in [-0.2, -0.15) is 0 Å². The Morgan fingerprint density at radius 2 is 1.12 bits per heavy atom. The molecule has 2 atom stereocenters. The van der Waals surface area contributed by atoms with E-state index in [-0.39, 0.29) is 5.92 Å². The number of carboxylic acid groups (broad SMARTS) is 1. The SMILES string of the molecule is CCCCCCCCCCCC(CCCCC)C(C)(C(=O)[O-])[N+](C)(C)C. The van der Waals surface area contributed by atoms with E-state index in [0.717, 1.165) is 25.7 Å². The maximum Gasteiger partial charge on any atom is 0.139 e. The molecule has 0 bridgehead atoms. The van der Waals surface area contributed by atoms with Crippen LogP contribution < -0.4 is 5.11 Å². The standard InChI is InChI=1S/C23H47NO2/c1-7-9-11-12-13-14-15-16-18-20-21(19-17-10-8-2)23(3,22(25)26)24(4,5)6/h21H,7-20H2,1-6H3. The van der Waals surface area contributed by atoms with Crippen molar-refractivity contribution < 1.29 is 14.4 Å². The minimum absolute atomic E-state index is 0.198. The second kappa shape index (κ2) is 13.6. The predicted octanol–water partition coefficient (Wildman–Crippen LogP) is 5.32. The highest BCUT2D eigenvalue weighted by Gasteiger charge is 2.46. The van der Waals surface area contributed by atoms with Gasteiger partial charge in [-0.3, -0.25) is 0 Å². The molecule has 0 aromatic carbocycles. The fraction of sp³-hybridized carbons (Fsp3) is 0.957. The fourth-order valence-electron chi connectivity index (χ4n) is 4.04. The number of aliphatic carboxylic acids is 1. The van der Waals surface area contributed by atoms with Crippen LogP contribution >= 0.6 is 0 Å². The lowest BCUT2D eigenvalue weighted by Gasteiger charge is -2.49. The van der Waals surface area contributed by atoms with Crippen molar-refractivity contribution in [3.63, 3.8) is 0 Å². The Morgan fingerprint density at radius 1 is 0.769 bits per heavy atom. The summed E-state index contributed by atoms with van der Waals surface area (Å²) >= 11 is 0. The average Bonchev–Trinajstić information content (AvgIpc) is 2.57. The molecule has 156 valence electrons.